The summed E-state index contributed by atoms with van der Waals surface area (Å²) in [4.78, 5) is 13.8. The highest BCUT2D eigenvalue weighted by atomic mass is 19.4. The molecule has 0 bridgehead atoms. The summed E-state index contributed by atoms with van der Waals surface area (Å²) >= 11 is 0. The minimum Gasteiger partial charge on any atom is -0.449 e. The fraction of sp³-hybridized carbons (Fsp3) is 0.480. The van der Waals surface area contributed by atoms with Crippen LogP contribution in [0.3, 0.4) is 0 Å². The molecule has 0 unspecified atom stereocenters. The molecule has 0 N–H and O–H groups in total. The molecule has 0 saturated heterocycles. The average molecular weight is 559 g/mol. The van der Waals surface area contributed by atoms with Gasteiger partial charge in [0.15, 0.2) is 0 Å². The molecule has 0 spiro atoms. The van der Waals surface area contributed by atoms with Gasteiger partial charge in [0.1, 0.15) is 0 Å². The monoisotopic (exact) mass is 559 g/mol. The summed E-state index contributed by atoms with van der Waals surface area (Å²) < 4.78 is 141. The van der Waals surface area contributed by atoms with Gasteiger partial charge in [-0.25, -0.2) is 4.79 Å². The number of carbonyl (C=O) groups excluding carboxylic acids is 1. The Hall–Kier alpha value is -2.99. The number of fused-ring (bicyclic) bond motifs is 1. The van der Waals surface area contributed by atoms with Gasteiger partial charge in [0, 0.05) is 12.0 Å². The highest BCUT2D eigenvalue weighted by Crippen LogP contribution is 2.49. The van der Waals surface area contributed by atoms with Crippen LogP contribution in [-0.4, -0.2) is 25.4 Å². The number of ether oxygens (including phenoxy) is 1. The van der Waals surface area contributed by atoms with Crippen molar-refractivity contribution in [2.24, 2.45) is 0 Å². The van der Waals surface area contributed by atoms with Gasteiger partial charge in [0.25, 0.3) is 0 Å². The number of hydrogen-bond acceptors (Lipinski definition) is 2. The Morgan fingerprint density at radius 2 is 1.45 bits per heavy atom. The van der Waals surface area contributed by atoms with Gasteiger partial charge < -0.3 is 4.74 Å². The van der Waals surface area contributed by atoms with Crippen molar-refractivity contribution >= 4 is 11.8 Å². The number of nitrogens with zero attached hydrogens (tertiary/aromatic N) is 1. The second-order valence-electron chi connectivity index (χ2n) is 8.84. The predicted octanol–water partition coefficient (Wildman–Crippen LogP) is 8.73. The number of carbonyl (C=O) groups is 1. The second-order valence-corrected chi connectivity index (χ2v) is 8.84. The molecule has 3 atom stereocenters. The molecular formula is C25H23F10NO2. The molecule has 1 aliphatic heterocycles. The molecule has 3 rings (SSSR count). The van der Waals surface area contributed by atoms with Crippen molar-refractivity contribution in [1.82, 2.24) is 0 Å². The van der Waals surface area contributed by atoms with Crippen LogP contribution < -0.4 is 4.90 Å². The van der Waals surface area contributed by atoms with Crippen molar-refractivity contribution in [1.29, 1.82) is 0 Å². The third-order valence-corrected chi connectivity index (χ3v) is 6.53. The molecule has 1 aliphatic rings. The zero-order valence-corrected chi connectivity index (χ0v) is 20.1. The van der Waals surface area contributed by atoms with E-state index in [2.05, 4.69) is 0 Å². The second kappa shape index (κ2) is 10.6. The van der Waals surface area contributed by atoms with E-state index < -0.39 is 71.4 Å². The van der Waals surface area contributed by atoms with Gasteiger partial charge >= 0.3 is 24.6 Å². The first kappa shape index (κ1) is 29.6. The van der Waals surface area contributed by atoms with Crippen molar-refractivity contribution in [3.63, 3.8) is 0 Å². The van der Waals surface area contributed by atoms with E-state index in [0.717, 1.165) is 11.0 Å². The van der Waals surface area contributed by atoms with Crippen LogP contribution in [0.25, 0.3) is 0 Å². The molecule has 2 aromatic carbocycles. The molecule has 3 nitrogen and oxygen atoms in total. The summed E-state index contributed by atoms with van der Waals surface area (Å²) in [6.45, 7) is 1.60. The van der Waals surface area contributed by atoms with Crippen LogP contribution in [0.2, 0.25) is 0 Å². The fourth-order valence-corrected chi connectivity index (χ4v) is 4.76. The van der Waals surface area contributed by atoms with Gasteiger partial charge in [-0.3, -0.25) is 9.29 Å². The van der Waals surface area contributed by atoms with Gasteiger partial charge in [-0.15, -0.1) is 0 Å². The maximum absolute atomic E-state index is 14.5. The summed E-state index contributed by atoms with van der Waals surface area (Å²) in [5.74, 6) is -2.95. The van der Waals surface area contributed by atoms with Crippen LogP contribution in [0.4, 0.5) is 54.4 Å². The minimum atomic E-state index is -5.20. The number of anilines is 1. The quantitative estimate of drug-likeness (QED) is 0.343. The minimum absolute atomic E-state index is 0.0667. The summed E-state index contributed by atoms with van der Waals surface area (Å²) in [5.41, 5.74) is -5.48. The highest BCUT2D eigenvalue weighted by molar-refractivity contribution is 5.90. The molecule has 2 aromatic rings. The van der Waals surface area contributed by atoms with E-state index in [4.69, 9.17) is 4.74 Å². The van der Waals surface area contributed by atoms with Crippen LogP contribution in [0, 0.1) is 0 Å². The third-order valence-electron chi connectivity index (χ3n) is 6.53. The Bertz CT molecular complexity index is 1120. The Morgan fingerprint density at radius 1 is 0.895 bits per heavy atom. The van der Waals surface area contributed by atoms with E-state index >= 15 is 0 Å². The van der Waals surface area contributed by atoms with E-state index in [0.29, 0.717) is 24.3 Å². The first-order valence-electron chi connectivity index (χ1n) is 11.5. The van der Waals surface area contributed by atoms with Crippen molar-refractivity contribution in [3.8, 4) is 0 Å². The topological polar surface area (TPSA) is 29.5 Å². The molecule has 0 saturated carbocycles. The lowest BCUT2D eigenvalue weighted by Crippen LogP contribution is -2.46. The zero-order valence-electron chi connectivity index (χ0n) is 20.1. The SMILES string of the molecule is CCOC(=O)N1c2ccc(C(F)(F)F)cc2[C@H]([C@H](CF)c2cc(C(F)(F)F)cc(C(F)(F)F)c2)C[C@H]1CC. The van der Waals surface area contributed by atoms with E-state index in [9.17, 15) is 48.7 Å². The van der Waals surface area contributed by atoms with E-state index in [-0.39, 0.29) is 36.8 Å². The maximum atomic E-state index is 14.5. The fourth-order valence-electron chi connectivity index (χ4n) is 4.76. The van der Waals surface area contributed by atoms with Crippen molar-refractivity contribution < 1.29 is 53.4 Å². The number of rotatable bonds is 5. The number of hydrogen-bond donors (Lipinski definition) is 0. The predicted molar refractivity (Wildman–Crippen MR) is 118 cm³/mol. The zero-order chi connectivity index (χ0) is 28.6. The lowest BCUT2D eigenvalue weighted by atomic mass is 9.74. The highest BCUT2D eigenvalue weighted by Gasteiger charge is 2.43. The first-order chi connectivity index (χ1) is 17.5. The standard InChI is InChI=1S/C25H23F10NO2/c1-3-17-11-18(19-10-14(23(27,28)29)5-6-21(19)36(17)22(37)38-4-2)20(12-26)13-7-15(24(30,31)32)9-16(8-13)25(33,34)35/h5-10,17-18,20H,3-4,11-12H2,1-2H3/t17-,18-,20-/m1/s1. The van der Waals surface area contributed by atoms with Gasteiger partial charge in [0.05, 0.1) is 35.7 Å². The summed E-state index contributed by atoms with van der Waals surface area (Å²) in [6, 6.07) is 2.20. The Kier molecular flexibility index (Phi) is 8.28. The van der Waals surface area contributed by atoms with Gasteiger partial charge in [-0.2, -0.15) is 39.5 Å². The van der Waals surface area contributed by atoms with Crippen LogP contribution in [0.5, 0.6) is 0 Å². The van der Waals surface area contributed by atoms with Crippen LogP contribution in [-0.2, 0) is 23.3 Å². The summed E-state index contributed by atoms with van der Waals surface area (Å²) in [7, 11) is 0. The lowest BCUT2D eigenvalue weighted by Gasteiger charge is -2.42. The Balaban J connectivity index is 2.27. The van der Waals surface area contributed by atoms with Crippen LogP contribution in [0.1, 0.15) is 66.3 Å². The molecule has 1 heterocycles. The number of halogens is 10. The molecule has 38 heavy (non-hydrogen) atoms. The lowest BCUT2D eigenvalue weighted by molar-refractivity contribution is -0.143. The summed E-state index contributed by atoms with van der Waals surface area (Å²) in [6.07, 6.45) is -16.2. The van der Waals surface area contributed by atoms with Gasteiger partial charge in [0.2, 0.25) is 0 Å². The molecule has 1 amide bonds. The van der Waals surface area contributed by atoms with Gasteiger partial charge in [-0.1, -0.05) is 6.92 Å². The molecule has 0 aromatic heterocycles. The smallest absolute Gasteiger partial charge is 0.416 e. The number of alkyl halides is 10. The van der Waals surface area contributed by atoms with E-state index in [1.54, 1.807) is 6.92 Å². The summed E-state index contributed by atoms with van der Waals surface area (Å²) in [5, 5.41) is 0. The third kappa shape index (κ3) is 6.01. The Labute approximate surface area is 211 Å². The molecule has 0 fully saturated rings. The van der Waals surface area contributed by atoms with Crippen molar-refractivity contribution in [2.75, 3.05) is 18.2 Å². The Morgan fingerprint density at radius 3 is 1.89 bits per heavy atom. The van der Waals surface area contributed by atoms with E-state index in [1.165, 1.54) is 6.92 Å². The first-order valence-corrected chi connectivity index (χ1v) is 11.5. The molecule has 0 radical (unpaired) electrons. The van der Waals surface area contributed by atoms with Crippen molar-refractivity contribution in [3.05, 3.63) is 64.2 Å². The largest absolute Gasteiger partial charge is 0.449 e. The van der Waals surface area contributed by atoms with Gasteiger partial charge in [-0.05, 0) is 73.2 Å². The van der Waals surface area contributed by atoms with Crippen LogP contribution in [0.15, 0.2) is 36.4 Å². The maximum Gasteiger partial charge on any atom is 0.416 e. The molecule has 13 heteroatoms. The number of amides is 1. The molecule has 210 valence electrons. The molecular weight excluding hydrogens is 536 g/mol. The normalized spacial score (nSPS) is 19.2. The van der Waals surface area contributed by atoms with Crippen molar-refractivity contribution in [2.45, 2.75) is 63.1 Å². The molecule has 0 aliphatic carbocycles. The van der Waals surface area contributed by atoms with E-state index in [1.807, 2.05) is 0 Å². The van der Waals surface area contributed by atoms with Crippen LogP contribution >= 0.6 is 0 Å². The average Bonchev–Trinajstić information content (AvgIpc) is 2.82. The number of benzene rings is 2.